The molecule has 276 valence electrons. The minimum atomic E-state index is -5.32. The molecule has 6 rings (SSSR count). The number of fused-ring (bicyclic) bond motifs is 2. The molecule has 1 unspecified atom stereocenters. The van der Waals surface area contributed by atoms with Crippen LogP contribution in [0.2, 0.25) is 0 Å². The first-order valence-electron chi connectivity index (χ1n) is 14.9. The lowest BCUT2D eigenvalue weighted by Crippen LogP contribution is -2.11. The summed E-state index contributed by atoms with van der Waals surface area (Å²) < 4.78 is 184. The van der Waals surface area contributed by atoms with Gasteiger partial charge in [-0.1, -0.05) is 48.5 Å². The average molecular weight is 774 g/mol. The third kappa shape index (κ3) is 7.38. The second kappa shape index (κ2) is 13.0. The molecule has 1 atom stereocenters. The van der Waals surface area contributed by atoms with Crippen LogP contribution >= 0.6 is 8.25 Å². The van der Waals surface area contributed by atoms with Crippen molar-refractivity contribution in [3.8, 4) is 44.9 Å². The van der Waals surface area contributed by atoms with Gasteiger partial charge in [-0.3, -0.25) is 0 Å². The first-order valence-corrected chi connectivity index (χ1v) is 16.1. The molecule has 0 radical (unpaired) electrons. The Bertz CT molecular complexity index is 2370. The summed E-state index contributed by atoms with van der Waals surface area (Å²) in [6.45, 7) is 0. The summed E-state index contributed by atoms with van der Waals surface area (Å²) in [4.78, 5) is 10.0. The van der Waals surface area contributed by atoms with Gasteiger partial charge in [0.15, 0.2) is 0 Å². The first kappa shape index (κ1) is 37.5. The lowest BCUT2D eigenvalue weighted by molar-refractivity contribution is -0.144. The lowest BCUT2D eigenvalue weighted by Gasteiger charge is -2.22. The largest absolute Gasteiger partial charge is 0.507 e. The second-order valence-electron chi connectivity index (χ2n) is 11.7. The fraction of sp³-hybridized carbons (Fsp3) is 0.111. The molecule has 0 spiro atoms. The lowest BCUT2D eigenvalue weighted by atomic mass is 9.85. The highest BCUT2D eigenvalue weighted by atomic mass is 31.1. The van der Waals surface area contributed by atoms with Crippen LogP contribution < -0.4 is 4.52 Å². The fourth-order valence-electron chi connectivity index (χ4n) is 6.02. The van der Waals surface area contributed by atoms with Crippen molar-refractivity contribution in [2.75, 3.05) is 0 Å². The molecule has 0 aliphatic carbocycles. The van der Waals surface area contributed by atoms with E-state index < -0.39 is 100 Å². The number of alkyl halides is 12. The van der Waals surface area contributed by atoms with E-state index in [-0.39, 0.29) is 33.7 Å². The molecule has 0 aliphatic rings. The Morgan fingerprint density at radius 3 is 1.25 bits per heavy atom. The van der Waals surface area contributed by atoms with E-state index in [2.05, 4.69) is 0 Å². The maximum Gasteiger partial charge on any atom is 0.416 e. The summed E-state index contributed by atoms with van der Waals surface area (Å²) in [6, 6.07) is 14.3. The number of aromatic hydroxyl groups is 1. The zero-order valence-electron chi connectivity index (χ0n) is 26.0. The van der Waals surface area contributed by atoms with E-state index in [1.54, 1.807) is 0 Å². The van der Waals surface area contributed by atoms with Crippen LogP contribution in [-0.2, 0) is 29.3 Å². The van der Waals surface area contributed by atoms with Gasteiger partial charge in [0, 0.05) is 22.3 Å². The molecule has 0 aliphatic heterocycles. The van der Waals surface area contributed by atoms with Crippen molar-refractivity contribution in [2.45, 2.75) is 24.7 Å². The Morgan fingerprint density at radius 1 is 0.491 bits per heavy atom. The molecular formula is C36H19F12O4P. The highest BCUT2D eigenvalue weighted by molar-refractivity contribution is 7.32. The maximum absolute atomic E-state index is 13.9. The van der Waals surface area contributed by atoms with Gasteiger partial charge < -0.3 is 14.5 Å². The molecule has 0 saturated carbocycles. The standard InChI is InChI=1S/C36H19F12O4P/c37-33(38,39)21-9-19(10-22(15-21)34(40,41)42)27-13-17-5-1-3-7-25(17)29(31(27)49)30-26-8-4-2-6-18(26)14-28(32(30)52-53(50)51)20-11-23(35(43,44)45)16-24(12-20)36(46,47)48/h1-16,49,53H,(H,50,51). The molecule has 6 aromatic carbocycles. The zero-order valence-corrected chi connectivity index (χ0v) is 27.0. The summed E-state index contributed by atoms with van der Waals surface area (Å²) in [7, 11) is -4.19. The monoisotopic (exact) mass is 774 g/mol. The van der Waals surface area contributed by atoms with Crippen LogP contribution in [0.4, 0.5) is 52.7 Å². The number of benzene rings is 6. The highest BCUT2D eigenvalue weighted by Gasteiger charge is 2.39. The minimum Gasteiger partial charge on any atom is -0.507 e. The van der Waals surface area contributed by atoms with Crippen molar-refractivity contribution in [2.24, 2.45) is 0 Å². The first-order chi connectivity index (χ1) is 24.5. The number of hydrogen-bond acceptors (Lipinski definition) is 3. The molecule has 2 N–H and O–H groups in total. The van der Waals surface area contributed by atoms with Gasteiger partial charge in [-0.25, -0.2) is 4.57 Å². The molecule has 53 heavy (non-hydrogen) atoms. The summed E-state index contributed by atoms with van der Waals surface area (Å²) in [5.41, 5.74) is -10.6. The molecular weight excluding hydrogens is 755 g/mol. The molecule has 0 aromatic heterocycles. The molecule has 0 bridgehead atoms. The van der Waals surface area contributed by atoms with Crippen molar-refractivity contribution >= 4 is 29.8 Å². The molecule has 0 heterocycles. The predicted octanol–water partition coefficient (Wildman–Crippen LogP) is 12.5. The van der Waals surface area contributed by atoms with Crippen LogP contribution in [0.3, 0.4) is 0 Å². The van der Waals surface area contributed by atoms with E-state index in [4.69, 9.17) is 4.52 Å². The van der Waals surface area contributed by atoms with Crippen molar-refractivity contribution in [3.63, 3.8) is 0 Å². The SMILES string of the molecule is O=[PH](O)Oc1c(-c2cc(C(F)(F)F)cc(C(F)(F)F)c2)cc2ccccc2c1-c1c(O)c(-c2cc(C(F)(F)F)cc(C(F)(F)F)c2)cc2ccccc12. The summed E-state index contributed by atoms with van der Waals surface area (Å²) in [6.07, 6.45) is -21.2. The van der Waals surface area contributed by atoms with Gasteiger partial charge in [0.2, 0.25) is 0 Å². The maximum atomic E-state index is 13.9. The zero-order chi connectivity index (χ0) is 38.8. The van der Waals surface area contributed by atoms with Gasteiger partial charge >= 0.3 is 33.0 Å². The van der Waals surface area contributed by atoms with Gasteiger partial charge in [0.05, 0.1) is 22.3 Å². The van der Waals surface area contributed by atoms with Gasteiger partial charge in [-0.2, -0.15) is 52.7 Å². The van der Waals surface area contributed by atoms with E-state index in [1.807, 2.05) is 0 Å². The number of hydrogen-bond donors (Lipinski definition) is 2. The van der Waals surface area contributed by atoms with Gasteiger partial charge in [0.1, 0.15) is 11.5 Å². The molecule has 0 amide bonds. The number of phenolic OH excluding ortho intramolecular Hbond substituents is 1. The fourth-order valence-corrected chi connectivity index (χ4v) is 6.40. The highest BCUT2D eigenvalue weighted by Crippen LogP contribution is 2.54. The topological polar surface area (TPSA) is 66.8 Å². The van der Waals surface area contributed by atoms with Crippen molar-refractivity contribution in [1.29, 1.82) is 0 Å². The minimum absolute atomic E-state index is 0.00940. The average Bonchev–Trinajstić information content (AvgIpc) is 3.06. The van der Waals surface area contributed by atoms with E-state index >= 15 is 0 Å². The second-order valence-corrected chi connectivity index (χ2v) is 12.4. The van der Waals surface area contributed by atoms with E-state index in [0.717, 1.165) is 12.1 Å². The molecule has 0 fully saturated rings. The van der Waals surface area contributed by atoms with Crippen LogP contribution in [0.1, 0.15) is 22.3 Å². The Labute approximate surface area is 290 Å². The molecule has 17 heteroatoms. The van der Waals surface area contributed by atoms with Crippen LogP contribution in [0.15, 0.2) is 97.1 Å². The van der Waals surface area contributed by atoms with Crippen LogP contribution in [0.5, 0.6) is 11.5 Å². The number of rotatable bonds is 5. The number of halogens is 12. The Balaban J connectivity index is 1.81. The Hall–Kier alpha value is -5.21. The van der Waals surface area contributed by atoms with Gasteiger partial charge in [-0.15, -0.1) is 0 Å². The third-order valence-corrected chi connectivity index (χ3v) is 8.64. The quantitative estimate of drug-likeness (QED) is 0.135. The molecule has 0 saturated heterocycles. The predicted molar refractivity (Wildman–Crippen MR) is 171 cm³/mol. The normalized spacial score (nSPS) is 13.5. The van der Waals surface area contributed by atoms with E-state index in [9.17, 15) is 67.2 Å². The van der Waals surface area contributed by atoms with Gasteiger partial charge in [-0.05, 0) is 81.2 Å². The Kier molecular flexibility index (Phi) is 9.23. The van der Waals surface area contributed by atoms with Crippen LogP contribution in [0, 0.1) is 0 Å². The number of phenols is 1. The molecule has 4 nitrogen and oxygen atoms in total. The van der Waals surface area contributed by atoms with Crippen molar-refractivity contribution in [3.05, 3.63) is 119 Å². The van der Waals surface area contributed by atoms with E-state index in [0.29, 0.717) is 24.3 Å². The van der Waals surface area contributed by atoms with Gasteiger partial charge in [0.25, 0.3) is 0 Å². The summed E-state index contributed by atoms with van der Waals surface area (Å²) in [5.74, 6) is -1.82. The third-order valence-electron chi connectivity index (χ3n) is 8.26. The van der Waals surface area contributed by atoms with Crippen LogP contribution in [-0.4, -0.2) is 10.00 Å². The smallest absolute Gasteiger partial charge is 0.416 e. The summed E-state index contributed by atoms with van der Waals surface area (Å²) in [5, 5.41) is 12.1. The molecule has 6 aromatic rings. The van der Waals surface area contributed by atoms with Crippen molar-refractivity contribution in [1.82, 2.24) is 0 Å². The van der Waals surface area contributed by atoms with Crippen molar-refractivity contribution < 1.29 is 71.8 Å². The van der Waals surface area contributed by atoms with Crippen LogP contribution in [0.25, 0.3) is 54.9 Å². The summed E-state index contributed by atoms with van der Waals surface area (Å²) >= 11 is 0. The Morgan fingerprint density at radius 2 is 0.849 bits per heavy atom. The van der Waals surface area contributed by atoms with E-state index in [1.165, 1.54) is 48.5 Å².